The summed E-state index contributed by atoms with van der Waals surface area (Å²) in [4.78, 5) is 219. The third kappa shape index (κ3) is 30.8. The molecule has 2 bridgehead atoms. The van der Waals surface area contributed by atoms with E-state index in [1.165, 1.54) is 72.1 Å². The number of hydrogen-bond acceptors (Lipinski definition) is 22. The fraction of sp³-hybridized carbons (Fsp3) is 0.459. The number of hydrogen-bond donors (Lipinski definition) is 19. The topological polar surface area (TPSA) is 602 Å². The number of phenols is 2. The van der Waals surface area contributed by atoms with Gasteiger partial charge in [0.15, 0.2) is 0 Å². The molecule has 1 fully saturated rings. The van der Waals surface area contributed by atoms with Crippen LogP contribution >= 0.6 is 23.5 Å². The van der Waals surface area contributed by atoms with Crippen LogP contribution in [0, 0.1) is 0 Å². The molecule has 0 saturated carbocycles. The first kappa shape index (κ1) is 89.5. The molecule has 0 spiro atoms. The quantitative estimate of drug-likeness (QED) is 0.0171. The summed E-state index contributed by atoms with van der Waals surface area (Å²) < 4.78 is 0. The number of rotatable bonds is 34. The van der Waals surface area contributed by atoms with Gasteiger partial charge in [0.1, 0.15) is 71.9 Å². The molecule has 3 heterocycles. The van der Waals surface area contributed by atoms with Crippen molar-refractivity contribution >= 4 is 118 Å². The lowest BCUT2D eigenvalue weighted by Crippen LogP contribution is -2.61. The second kappa shape index (κ2) is 45.7. The van der Waals surface area contributed by atoms with E-state index in [1.54, 1.807) is 30.3 Å². The molecular weight excluding hydrogens is 1500 g/mol. The number of carbonyl (C=O) groups excluding carboxylic acids is 13. The summed E-state index contributed by atoms with van der Waals surface area (Å²) in [5.41, 5.74) is 25.3. The third-order valence-electron chi connectivity index (χ3n) is 18.0. The number of nitrogens with two attached hydrogens (primary N) is 4. The molecule has 3 aliphatic heterocycles. The molecule has 1 saturated heterocycles. The van der Waals surface area contributed by atoms with Crippen LogP contribution < -0.4 is 76.1 Å². The zero-order valence-corrected chi connectivity index (χ0v) is 62.9. The second-order valence-electron chi connectivity index (χ2n) is 26.9. The maximum atomic E-state index is 15.2. The number of fused-ring (bicyclic) bond motifs is 22. The number of primary amides is 2. The highest BCUT2D eigenvalue weighted by atomic mass is 32.2. The molecule has 606 valence electrons. The fourth-order valence-corrected chi connectivity index (χ4v) is 14.0. The number of unbranched alkanes of at least 4 members (excludes halogenated alkanes) is 1. The zero-order chi connectivity index (χ0) is 82.0. The van der Waals surface area contributed by atoms with Gasteiger partial charge in [-0.15, -0.1) is 0 Å². The molecule has 38 heteroatoms. The largest absolute Gasteiger partial charge is 0.508 e. The van der Waals surface area contributed by atoms with Crippen molar-refractivity contribution in [3.63, 3.8) is 0 Å². The lowest BCUT2D eigenvalue weighted by molar-refractivity contribution is -0.144. The first-order valence-electron chi connectivity index (χ1n) is 36.2. The van der Waals surface area contributed by atoms with E-state index in [4.69, 9.17) is 22.9 Å². The number of carbonyl (C=O) groups is 16. The van der Waals surface area contributed by atoms with Gasteiger partial charge in [-0.1, -0.05) is 78.9 Å². The number of nitrogens with one attached hydrogen (secondary N) is 10. The Bertz CT molecular complexity index is 3960. The van der Waals surface area contributed by atoms with Crippen LogP contribution in [0.1, 0.15) is 111 Å². The number of amides is 13. The predicted octanol–water partition coefficient (Wildman–Crippen LogP) is -2.42. The first-order chi connectivity index (χ1) is 53.4. The Hall–Kier alpha value is -11.4. The van der Waals surface area contributed by atoms with Gasteiger partial charge in [-0.05, 0) is 128 Å². The van der Waals surface area contributed by atoms with Crippen LogP contribution in [0.5, 0.6) is 11.5 Å². The number of thioether (sulfide) groups is 2. The molecular formula is C74H97N15O21S2. The van der Waals surface area contributed by atoms with Gasteiger partial charge < -0.3 is 107 Å². The Morgan fingerprint density at radius 2 is 1.05 bits per heavy atom. The van der Waals surface area contributed by atoms with Crippen LogP contribution in [0.15, 0.2) is 103 Å². The minimum absolute atomic E-state index is 0.0473. The van der Waals surface area contributed by atoms with Crippen LogP contribution in [-0.4, -0.2) is 223 Å². The van der Waals surface area contributed by atoms with Crippen molar-refractivity contribution in [3.05, 3.63) is 131 Å². The Morgan fingerprint density at radius 1 is 0.536 bits per heavy atom. The number of carboxylic acids is 3. The maximum absolute atomic E-state index is 15.2. The van der Waals surface area contributed by atoms with Crippen LogP contribution in [0.2, 0.25) is 0 Å². The minimum atomic E-state index is -1.89. The van der Waals surface area contributed by atoms with Crippen molar-refractivity contribution in [2.45, 2.75) is 181 Å². The Balaban J connectivity index is 1.30. The molecule has 13 amide bonds. The second-order valence-corrected chi connectivity index (χ2v) is 29.1. The van der Waals surface area contributed by atoms with Crippen molar-refractivity contribution in [3.8, 4) is 11.5 Å². The van der Waals surface area contributed by atoms with Crippen molar-refractivity contribution in [1.82, 2.24) is 58.1 Å². The Kier molecular flexibility index (Phi) is 36.5. The zero-order valence-electron chi connectivity index (χ0n) is 61.3. The van der Waals surface area contributed by atoms with E-state index in [-0.39, 0.29) is 93.9 Å². The molecule has 0 radical (unpaired) electrons. The average molecular weight is 1600 g/mol. The van der Waals surface area contributed by atoms with Gasteiger partial charge in [0.25, 0.3) is 0 Å². The maximum Gasteiger partial charge on any atom is 0.326 e. The van der Waals surface area contributed by atoms with Crippen LogP contribution in [0.25, 0.3) is 0 Å². The first-order valence-corrected chi connectivity index (χ1v) is 38.5. The van der Waals surface area contributed by atoms with Gasteiger partial charge in [0.2, 0.25) is 76.8 Å². The molecule has 23 N–H and O–H groups in total. The van der Waals surface area contributed by atoms with Gasteiger partial charge in [-0.2, -0.15) is 23.5 Å². The van der Waals surface area contributed by atoms with E-state index in [2.05, 4.69) is 53.2 Å². The van der Waals surface area contributed by atoms with E-state index in [0.717, 1.165) is 16.0 Å². The van der Waals surface area contributed by atoms with Crippen molar-refractivity contribution in [2.24, 2.45) is 22.9 Å². The number of likely N-dealkylation sites (tertiary alicyclic amines) is 1. The molecule has 7 rings (SSSR count). The van der Waals surface area contributed by atoms with Crippen LogP contribution in [0.4, 0.5) is 0 Å². The van der Waals surface area contributed by atoms with E-state index in [9.17, 15) is 92.7 Å². The average Bonchev–Trinajstić information content (AvgIpc) is 1.62. The molecule has 3 aliphatic rings. The summed E-state index contributed by atoms with van der Waals surface area (Å²) in [6.07, 6.45) is -4.35. The fourth-order valence-electron chi connectivity index (χ4n) is 12.0. The SMILES string of the molecule is NCCCC[C@@H]1NC(=O)[C@H](Cc2ccc(O)cc2)NC(=O)[C@@H](NC(=O)[C@H]2CCCN2C(=O)[C@H](CC(N)=O)NC(=O)[C@@H](CCC(=O)O)NC(=O)[C@@H](Cc2ccc(O)cc2)NC(=O)CNC(=O)[C@@H](N)CC(N)=O)CCSCc2ccc(cc2)CSCC[C@@H](C(=O)N[C@@H](CCC(=O)O)C(=O)O)NC(=O)[C@H](Cc2ccccc2)NC1=O. The lowest BCUT2D eigenvalue weighted by Gasteiger charge is -2.31. The van der Waals surface area contributed by atoms with E-state index >= 15 is 9.59 Å². The Labute approximate surface area is 652 Å². The van der Waals surface area contributed by atoms with Crippen molar-refractivity contribution in [2.75, 3.05) is 31.1 Å². The molecule has 0 aliphatic carbocycles. The smallest absolute Gasteiger partial charge is 0.326 e. The molecule has 36 nitrogen and oxygen atoms in total. The summed E-state index contributed by atoms with van der Waals surface area (Å²) in [6.45, 7) is -0.788. The third-order valence-corrected chi connectivity index (χ3v) is 20.2. The summed E-state index contributed by atoms with van der Waals surface area (Å²) in [5, 5.41) is 74.7. The lowest BCUT2D eigenvalue weighted by atomic mass is 10.0. The normalized spacial score (nSPS) is 19.4. The summed E-state index contributed by atoms with van der Waals surface area (Å²) >= 11 is 2.74. The van der Waals surface area contributed by atoms with Gasteiger partial charge >= 0.3 is 17.9 Å². The van der Waals surface area contributed by atoms with Crippen molar-refractivity contribution in [1.29, 1.82) is 0 Å². The number of aromatic hydroxyl groups is 2. The molecule has 11 atom stereocenters. The summed E-state index contributed by atoms with van der Waals surface area (Å²) in [6, 6.07) is 9.59. The summed E-state index contributed by atoms with van der Waals surface area (Å²) in [5.74, 6) is -16.3. The molecule has 4 aromatic carbocycles. The van der Waals surface area contributed by atoms with Gasteiger partial charge in [-0.3, -0.25) is 71.9 Å². The van der Waals surface area contributed by atoms with E-state index < -0.39 is 206 Å². The molecule has 4 aromatic rings. The molecule has 112 heavy (non-hydrogen) atoms. The molecule has 0 aromatic heterocycles. The number of carboxylic acid groups (broad SMARTS) is 3. The summed E-state index contributed by atoms with van der Waals surface area (Å²) in [7, 11) is 0. The Morgan fingerprint density at radius 3 is 1.62 bits per heavy atom. The van der Waals surface area contributed by atoms with Crippen LogP contribution in [0.3, 0.4) is 0 Å². The number of phenolic OH excluding ortho intramolecular Hbond substituents is 2. The number of nitrogens with zero attached hydrogens (tertiary/aromatic N) is 1. The highest BCUT2D eigenvalue weighted by Gasteiger charge is 2.42. The van der Waals surface area contributed by atoms with E-state index in [0.29, 0.717) is 34.6 Å². The van der Waals surface area contributed by atoms with Crippen molar-refractivity contribution < 1.29 is 102 Å². The van der Waals surface area contributed by atoms with Gasteiger partial charge in [0.05, 0.1) is 25.4 Å². The number of benzene rings is 4. The highest BCUT2D eigenvalue weighted by Crippen LogP contribution is 2.24. The van der Waals surface area contributed by atoms with Crippen LogP contribution in [-0.2, 0) is 107 Å². The van der Waals surface area contributed by atoms with Gasteiger partial charge in [0, 0.05) is 50.2 Å². The monoisotopic (exact) mass is 1600 g/mol. The van der Waals surface area contributed by atoms with E-state index in [1.807, 2.05) is 24.3 Å². The molecule has 0 unspecified atom stereocenters. The highest BCUT2D eigenvalue weighted by molar-refractivity contribution is 7.98. The number of aliphatic carboxylic acids is 3. The van der Waals surface area contributed by atoms with Gasteiger partial charge in [-0.25, -0.2) is 4.79 Å². The predicted molar refractivity (Wildman–Crippen MR) is 407 cm³/mol. The minimum Gasteiger partial charge on any atom is -0.508 e. The standard InChI is InChI=1S/C74H97N15O21S2/c75-29-5-4-9-49-65(100)86-55(33-41-7-2-1-3-8-41)71(106)83-51(67(102)85-53(74(109)110)24-26-63(97)98)27-31-111-39-44-11-13-45(14-12-44)40-112-32-28-52(68(103)87-56(70(105)81-49)35-43-17-21-47(91)22-18-43)84-72(107)58-10-6-30-89(58)73(108)57(37-60(78)93)88-66(101)50(23-25-62(95)96)82-69(104)54(34-42-15-19-46(90)20-16-42)80-61(94)38-79-64(99)48(76)36-59(77)92/h1-3,7-8,11-22,48-58,90-91H,4-6,9-10,23-40,75-76H2,(H2,77,92)(H2,78,93)(H,79,99)(H,80,94)(H,81,105)(H,82,104)(H,83,106)(H,84,107)(H,85,102)(H,86,100)(H,87,103)(H,88,101)(H,95,96)(H,97,98)(H,109,110)/t48-,49-,50+,51-,52-,53-,54+,55-,56-,57-,58+/m0/s1.